The largest absolute Gasteiger partial charge is 0.0625 e. The molecule has 1 fully saturated rings. The topological polar surface area (TPSA) is 0 Å². The molecule has 90 valence electrons. The lowest BCUT2D eigenvalue weighted by Crippen LogP contribution is -1.99. The van der Waals surface area contributed by atoms with Crippen molar-refractivity contribution in [1.82, 2.24) is 0 Å². The predicted octanol–water partition coefficient (Wildman–Crippen LogP) is 5.43. The molecule has 1 aliphatic rings. The van der Waals surface area contributed by atoms with Crippen molar-refractivity contribution in [3.8, 4) is 0 Å². The Morgan fingerprint density at radius 1 is 0.706 bits per heavy atom. The molecular formula is C17H22. The Morgan fingerprint density at radius 2 is 1.12 bits per heavy atom. The Labute approximate surface area is 105 Å². The lowest BCUT2D eigenvalue weighted by atomic mass is 9.91. The van der Waals surface area contributed by atoms with Crippen LogP contribution < -0.4 is 0 Å². The van der Waals surface area contributed by atoms with Crippen molar-refractivity contribution in [3.05, 3.63) is 48.5 Å². The Balaban J connectivity index is 0.000000136. The molecule has 0 saturated heterocycles. The summed E-state index contributed by atoms with van der Waals surface area (Å²) in [6.07, 6.45) is 7.44. The fraction of sp³-hybridized carbons (Fsp3) is 0.412. The van der Waals surface area contributed by atoms with Gasteiger partial charge >= 0.3 is 0 Å². The minimum atomic E-state index is 1.04. The molecule has 0 aliphatic heterocycles. The van der Waals surface area contributed by atoms with E-state index in [1.807, 2.05) is 0 Å². The quantitative estimate of drug-likeness (QED) is 0.562. The van der Waals surface area contributed by atoms with Gasteiger partial charge in [0, 0.05) is 0 Å². The summed E-state index contributed by atoms with van der Waals surface area (Å²) in [7, 11) is 0. The molecule has 0 nitrogen and oxygen atoms in total. The molecule has 2 aromatic carbocycles. The highest BCUT2D eigenvalue weighted by atomic mass is 14.1. The third kappa shape index (κ3) is 3.89. The van der Waals surface area contributed by atoms with Crippen LogP contribution in [0.15, 0.2) is 48.5 Å². The minimum Gasteiger partial charge on any atom is -0.0625 e. The highest BCUT2D eigenvalue weighted by molar-refractivity contribution is 5.81. The molecule has 2 aromatic rings. The van der Waals surface area contributed by atoms with Crippen LogP contribution in [0.5, 0.6) is 0 Å². The SMILES string of the molecule is CC1CCCCC1.c1ccc2ccccc2c1. The van der Waals surface area contributed by atoms with Crippen molar-refractivity contribution in [2.75, 3.05) is 0 Å². The Kier molecular flexibility index (Phi) is 4.61. The summed E-state index contributed by atoms with van der Waals surface area (Å²) in [5.41, 5.74) is 0. The van der Waals surface area contributed by atoms with Crippen molar-refractivity contribution in [3.63, 3.8) is 0 Å². The summed E-state index contributed by atoms with van der Waals surface area (Å²) in [6, 6.07) is 16.7. The Bertz CT molecular complexity index is 373. The van der Waals surface area contributed by atoms with Crippen molar-refractivity contribution < 1.29 is 0 Å². The molecule has 17 heavy (non-hydrogen) atoms. The van der Waals surface area contributed by atoms with Gasteiger partial charge in [-0.1, -0.05) is 87.6 Å². The van der Waals surface area contributed by atoms with E-state index in [0.29, 0.717) is 0 Å². The molecule has 3 rings (SSSR count). The third-order valence-corrected chi connectivity index (χ3v) is 3.55. The molecule has 0 radical (unpaired) electrons. The summed E-state index contributed by atoms with van der Waals surface area (Å²) in [5.74, 6) is 1.04. The van der Waals surface area contributed by atoms with Crippen LogP contribution in [0, 0.1) is 5.92 Å². The smallest absolute Gasteiger partial charge is 0.0184 e. The monoisotopic (exact) mass is 226 g/mol. The van der Waals surface area contributed by atoms with Crippen LogP contribution in [0.1, 0.15) is 39.0 Å². The van der Waals surface area contributed by atoms with E-state index in [2.05, 4.69) is 55.5 Å². The van der Waals surface area contributed by atoms with E-state index in [1.165, 1.54) is 42.9 Å². The van der Waals surface area contributed by atoms with Gasteiger partial charge in [0.05, 0.1) is 0 Å². The number of benzene rings is 2. The molecule has 0 amide bonds. The molecule has 0 heteroatoms. The fourth-order valence-corrected chi connectivity index (χ4v) is 2.44. The van der Waals surface area contributed by atoms with Crippen molar-refractivity contribution in [2.24, 2.45) is 5.92 Å². The van der Waals surface area contributed by atoms with E-state index in [9.17, 15) is 0 Å². The van der Waals surface area contributed by atoms with Gasteiger partial charge in [0.15, 0.2) is 0 Å². The van der Waals surface area contributed by atoms with Crippen LogP contribution in [0.3, 0.4) is 0 Å². The van der Waals surface area contributed by atoms with Crippen LogP contribution in [0.2, 0.25) is 0 Å². The second kappa shape index (κ2) is 6.44. The van der Waals surface area contributed by atoms with E-state index in [-0.39, 0.29) is 0 Å². The molecule has 0 atom stereocenters. The highest BCUT2D eigenvalue weighted by Gasteiger charge is 2.05. The van der Waals surface area contributed by atoms with E-state index >= 15 is 0 Å². The van der Waals surface area contributed by atoms with Gasteiger partial charge in [-0.2, -0.15) is 0 Å². The van der Waals surface area contributed by atoms with Gasteiger partial charge < -0.3 is 0 Å². The number of hydrogen-bond donors (Lipinski definition) is 0. The highest BCUT2D eigenvalue weighted by Crippen LogP contribution is 2.22. The summed E-state index contributed by atoms with van der Waals surface area (Å²) in [4.78, 5) is 0. The summed E-state index contributed by atoms with van der Waals surface area (Å²) in [6.45, 7) is 2.36. The normalized spacial score (nSPS) is 16.3. The molecule has 0 bridgehead atoms. The van der Waals surface area contributed by atoms with Crippen molar-refractivity contribution >= 4 is 10.8 Å². The first-order valence-electron chi connectivity index (χ1n) is 6.80. The van der Waals surface area contributed by atoms with Crippen molar-refractivity contribution in [2.45, 2.75) is 39.0 Å². The molecule has 1 saturated carbocycles. The van der Waals surface area contributed by atoms with E-state index in [1.54, 1.807) is 0 Å². The minimum absolute atomic E-state index is 1.04. The zero-order valence-corrected chi connectivity index (χ0v) is 10.7. The average molecular weight is 226 g/mol. The van der Waals surface area contributed by atoms with Crippen LogP contribution in [-0.2, 0) is 0 Å². The van der Waals surface area contributed by atoms with Crippen LogP contribution in [0.4, 0.5) is 0 Å². The average Bonchev–Trinajstić information content (AvgIpc) is 2.41. The zero-order chi connectivity index (χ0) is 11.9. The molecule has 0 spiro atoms. The zero-order valence-electron chi connectivity index (χ0n) is 10.7. The lowest BCUT2D eigenvalue weighted by molar-refractivity contribution is 0.385. The van der Waals surface area contributed by atoms with E-state index < -0.39 is 0 Å². The first kappa shape index (κ1) is 12.2. The van der Waals surface area contributed by atoms with Gasteiger partial charge in [-0.15, -0.1) is 0 Å². The van der Waals surface area contributed by atoms with E-state index in [0.717, 1.165) is 5.92 Å². The standard InChI is InChI=1S/C10H8.C7H14/c1-2-6-10-8-4-3-7-9(10)5-1;1-7-5-3-2-4-6-7/h1-8H;7H,2-6H2,1H3. The Hall–Kier alpha value is -1.30. The molecule has 0 unspecified atom stereocenters. The fourth-order valence-electron chi connectivity index (χ4n) is 2.44. The van der Waals surface area contributed by atoms with Gasteiger partial charge in [-0.3, -0.25) is 0 Å². The van der Waals surface area contributed by atoms with Crippen LogP contribution in [0.25, 0.3) is 10.8 Å². The number of rotatable bonds is 0. The first-order valence-corrected chi connectivity index (χ1v) is 6.80. The van der Waals surface area contributed by atoms with Gasteiger partial charge in [-0.25, -0.2) is 0 Å². The van der Waals surface area contributed by atoms with Gasteiger partial charge in [0.25, 0.3) is 0 Å². The number of fused-ring (bicyclic) bond motifs is 1. The van der Waals surface area contributed by atoms with Gasteiger partial charge in [-0.05, 0) is 16.7 Å². The predicted molar refractivity (Wildman–Crippen MR) is 76.2 cm³/mol. The first-order chi connectivity index (χ1) is 8.36. The van der Waals surface area contributed by atoms with E-state index in [4.69, 9.17) is 0 Å². The molecule has 0 N–H and O–H groups in total. The maximum atomic E-state index is 2.36. The second-order valence-corrected chi connectivity index (χ2v) is 5.09. The molecular weight excluding hydrogens is 204 g/mol. The van der Waals surface area contributed by atoms with Crippen LogP contribution in [-0.4, -0.2) is 0 Å². The summed E-state index contributed by atoms with van der Waals surface area (Å²) in [5, 5.41) is 2.62. The Morgan fingerprint density at radius 3 is 1.41 bits per heavy atom. The molecule has 0 aromatic heterocycles. The van der Waals surface area contributed by atoms with Crippen LogP contribution >= 0.6 is 0 Å². The third-order valence-electron chi connectivity index (χ3n) is 3.55. The second-order valence-electron chi connectivity index (χ2n) is 5.09. The summed E-state index contributed by atoms with van der Waals surface area (Å²) >= 11 is 0. The maximum absolute atomic E-state index is 2.36. The maximum Gasteiger partial charge on any atom is -0.0184 e. The number of hydrogen-bond acceptors (Lipinski definition) is 0. The molecule has 0 heterocycles. The van der Waals surface area contributed by atoms with Gasteiger partial charge in [0.2, 0.25) is 0 Å². The van der Waals surface area contributed by atoms with Gasteiger partial charge in [0.1, 0.15) is 0 Å². The van der Waals surface area contributed by atoms with Crippen molar-refractivity contribution in [1.29, 1.82) is 0 Å². The summed E-state index contributed by atoms with van der Waals surface area (Å²) < 4.78 is 0. The lowest BCUT2D eigenvalue weighted by Gasteiger charge is -2.15. The molecule has 1 aliphatic carbocycles.